The number of hydrogen-bond acceptors (Lipinski definition) is 3. The van der Waals surface area contributed by atoms with Crippen molar-refractivity contribution in [2.75, 3.05) is 19.6 Å². The van der Waals surface area contributed by atoms with Crippen LogP contribution in [0.1, 0.15) is 41.4 Å². The summed E-state index contributed by atoms with van der Waals surface area (Å²) >= 11 is 3.38. The third-order valence-electron chi connectivity index (χ3n) is 4.27. The molecule has 1 fully saturated rings. The zero-order valence-corrected chi connectivity index (χ0v) is 14.6. The lowest BCUT2D eigenvalue weighted by Gasteiger charge is -2.33. The van der Waals surface area contributed by atoms with E-state index < -0.39 is 0 Å². The van der Waals surface area contributed by atoms with E-state index in [-0.39, 0.29) is 11.9 Å². The van der Waals surface area contributed by atoms with Crippen molar-refractivity contribution in [3.05, 3.63) is 58.5 Å². The summed E-state index contributed by atoms with van der Waals surface area (Å²) < 4.78 is 6.57. The molecule has 1 unspecified atom stereocenters. The third-order valence-corrected chi connectivity index (χ3v) is 4.79. The maximum atomic E-state index is 12.3. The summed E-state index contributed by atoms with van der Waals surface area (Å²) in [4.78, 5) is 14.7. The molecule has 0 radical (unpaired) electrons. The van der Waals surface area contributed by atoms with Crippen LogP contribution in [0.3, 0.4) is 0 Å². The third kappa shape index (κ3) is 4.24. The van der Waals surface area contributed by atoms with E-state index in [1.807, 2.05) is 36.4 Å². The van der Waals surface area contributed by atoms with Crippen LogP contribution in [-0.4, -0.2) is 30.4 Å². The normalized spacial score (nSPS) is 16.9. The van der Waals surface area contributed by atoms with Gasteiger partial charge in [-0.3, -0.25) is 9.69 Å². The van der Waals surface area contributed by atoms with Crippen LogP contribution in [0.15, 0.2) is 51.6 Å². The molecule has 3 rings (SSSR count). The summed E-state index contributed by atoms with van der Waals surface area (Å²) in [6.45, 7) is 2.67. The Balaban J connectivity index is 1.66. The predicted molar refractivity (Wildman–Crippen MR) is 93.3 cm³/mol. The number of piperidine rings is 1. The Morgan fingerprint density at radius 1 is 1.17 bits per heavy atom. The van der Waals surface area contributed by atoms with E-state index in [2.05, 4.69) is 26.1 Å². The molecule has 1 aliphatic heterocycles. The molecule has 2 aromatic rings. The molecule has 1 N–H and O–H groups in total. The second-order valence-corrected chi connectivity index (χ2v) is 6.76. The van der Waals surface area contributed by atoms with Gasteiger partial charge in [-0.15, -0.1) is 0 Å². The lowest BCUT2D eigenvalue weighted by atomic mass is 10.1. The van der Waals surface area contributed by atoms with Gasteiger partial charge in [0, 0.05) is 16.6 Å². The zero-order chi connectivity index (χ0) is 16.1. The summed E-state index contributed by atoms with van der Waals surface area (Å²) in [5.74, 6) is 0.870. The molecule has 0 spiro atoms. The van der Waals surface area contributed by atoms with Crippen molar-refractivity contribution in [3.63, 3.8) is 0 Å². The average Bonchev–Trinajstić information content (AvgIpc) is 3.11. The second kappa shape index (κ2) is 7.79. The molecule has 1 saturated heterocycles. The summed E-state index contributed by atoms with van der Waals surface area (Å²) in [7, 11) is 0. The average molecular weight is 377 g/mol. The van der Waals surface area contributed by atoms with Crippen molar-refractivity contribution in [2.24, 2.45) is 0 Å². The molecule has 1 aromatic heterocycles. The molecule has 1 atom stereocenters. The number of furan rings is 1. The maximum Gasteiger partial charge on any atom is 0.251 e. The summed E-state index contributed by atoms with van der Waals surface area (Å²) in [6.07, 6.45) is 5.39. The van der Waals surface area contributed by atoms with Gasteiger partial charge in [-0.1, -0.05) is 22.4 Å². The van der Waals surface area contributed by atoms with Gasteiger partial charge >= 0.3 is 0 Å². The van der Waals surface area contributed by atoms with Gasteiger partial charge in [0.05, 0.1) is 12.3 Å². The van der Waals surface area contributed by atoms with E-state index in [0.29, 0.717) is 12.1 Å². The minimum absolute atomic E-state index is 0.0499. The maximum absolute atomic E-state index is 12.3. The van der Waals surface area contributed by atoms with Gasteiger partial charge in [-0.2, -0.15) is 0 Å². The molecule has 0 bridgehead atoms. The van der Waals surface area contributed by atoms with Gasteiger partial charge in [0.25, 0.3) is 5.91 Å². The van der Waals surface area contributed by atoms with Gasteiger partial charge in [-0.05, 0) is 62.3 Å². The summed E-state index contributed by atoms with van der Waals surface area (Å²) in [6, 6.07) is 11.4. The quantitative estimate of drug-likeness (QED) is 0.857. The van der Waals surface area contributed by atoms with E-state index in [1.54, 1.807) is 6.26 Å². The smallest absolute Gasteiger partial charge is 0.251 e. The number of benzene rings is 1. The Morgan fingerprint density at radius 3 is 2.57 bits per heavy atom. The molecular formula is C18H21BrN2O2. The van der Waals surface area contributed by atoms with Crippen LogP contribution in [0, 0.1) is 0 Å². The Bertz CT molecular complexity index is 619. The molecule has 5 heteroatoms. The van der Waals surface area contributed by atoms with Crippen LogP contribution in [0.5, 0.6) is 0 Å². The zero-order valence-electron chi connectivity index (χ0n) is 13.0. The number of nitrogens with one attached hydrogen (secondary N) is 1. The fourth-order valence-corrected chi connectivity index (χ4v) is 3.28. The topological polar surface area (TPSA) is 45.5 Å². The lowest BCUT2D eigenvalue weighted by Crippen LogP contribution is -2.40. The Morgan fingerprint density at radius 2 is 1.91 bits per heavy atom. The second-order valence-electron chi connectivity index (χ2n) is 5.84. The summed E-state index contributed by atoms with van der Waals surface area (Å²) in [5.41, 5.74) is 0.671. The number of halogens is 1. The molecule has 4 nitrogen and oxygen atoms in total. The van der Waals surface area contributed by atoms with E-state index in [4.69, 9.17) is 4.42 Å². The van der Waals surface area contributed by atoms with Crippen LogP contribution in [0.2, 0.25) is 0 Å². The van der Waals surface area contributed by atoms with Crippen molar-refractivity contribution in [3.8, 4) is 0 Å². The molecule has 2 heterocycles. The molecule has 1 aliphatic rings. The minimum Gasteiger partial charge on any atom is -0.468 e. The highest BCUT2D eigenvalue weighted by molar-refractivity contribution is 9.10. The predicted octanol–water partition coefficient (Wildman–Crippen LogP) is 4.00. The highest BCUT2D eigenvalue weighted by Gasteiger charge is 2.25. The van der Waals surface area contributed by atoms with Gasteiger partial charge in [0.15, 0.2) is 0 Å². The van der Waals surface area contributed by atoms with Gasteiger partial charge in [0.2, 0.25) is 0 Å². The molecule has 23 heavy (non-hydrogen) atoms. The largest absolute Gasteiger partial charge is 0.468 e. The standard InChI is InChI=1S/C18H21BrN2O2/c19-15-8-6-14(7-9-15)18(22)20-13-16(17-5-4-12-23-17)21-10-2-1-3-11-21/h4-9,12,16H,1-3,10-11,13H2,(H,20,22). The van der Waals surface area contributed by atoms with Crippen molar-refractivity contribution >= 4 is 21.8 Å². The number of nitrogens with zero attached hydrogens (tertiary/aromatic N) is 1. The number of amides is 1. The van der Waals surface area contributed by atoms with Crippen molar-refractivity contribution in [2.45, 2.75) is 25.3 Å². The fourth-order valence-electron chi connectivity index (χ4n) is 3.01. The number of carbonyl (C=O) groups excluding carboxylic acids is 1. The molecule has 1 aromatic carbocycles. The summed E-state index contributed by atoms with van der Waals surface area (Å²) in [5, 5.41) is 3.05. The van der Waals surface area contributed by atoms with Gasteiger partial charge < -0.3 is 9.73 Å². The van der Waals surface area contributed by atoms with Gasteiger partial charge in [0.1, 0.15) is 5.76 Å². The number of likely N-dealkylation sites (tertiary alicyclic amines) is 1. The van der Waals surface area contributed by atoms with Crippen LogP contribution >= 0.6 is 15.9 Å². The molecular weight excluding hydrogens is 356 g/mol. The van der Waals surface area contributed by atoms with E-state index in [1.165, 1.54) is 19.3 Å². The first-order chi connectivity index (χ1) is 11.2. The fraction of sp³-hybridized carbons (Fsp3) is 0.389. The van der Waals surface area contributed by atoms with Crippen molar-refractivity contribution in [1.82, 2.24) is 10.2 Å². The Labute approximate surface area is 145 Å². The molecule has 1 amide bonds. The van der Waals surface area contributed by atoms with Gasteiger partial charge in [-0.25, -0.2) is 0 Å². The highest BCUT2D eigenvalue weighted by Crippen LogP contribution is 2.24. The number of hydrogen-bond donors (Lipinski definition) is 1. The van der Waals surface area contributed by atoms with Crippen LogP contribution in [0.4, 0.5) is 0 Å². The lowest BCUT2D eigenvalue weighted by molar-refractivity contribution is 0.0914. The SMILES string of the molecule is O=C(NCC(c1ccco1)N1CCCCC1)c1ccc(Br)cc1. The first-order valence-electron chi connectivity index (χ1n) is 8.05. The molecule has 122 valence electrons. The van der Waals surface area contributed by atoms with Crippen LogP contribution in [0.25, 0.3) is 0 Å². The van der Waals surface area contributed by atoms with Crippen molar-refractivity contribution < 1.29 is 9.21 Å². The highest BCUT2D eigenvalue weighted by atomic mass is 79.9. The number of carbonyl (C=O) groups is 1. The Hall–Kier alpha value is -1.59. The molecule has 0 aliphatic carbocycles. The van der Waals surface area contributed by atoms with E-state index in [9.17, 15) is 4.79 Å². The monoisotopic (exact) mass is 376 g/mol. The first kappa shape index (κ1) is 16.3. The first-order valence-corrected chi connectivity index (χ1v) is 8.84. The van der Waals surface area contributed by atoms with Crippen LogP contribution in [-0.2, 0) is 0 Å². The van der Waals surface area contributed by atoms with E-state index >= 15 is 0 Å². The molecule has 0 saturated carbocycles. The van der Waals surface area contributed by atoms with Crippen molar-refractivity contribution in [1.29, 1.82) is 0 Å². The van der Waals surface area contributed by atoms with Crippen LogP contribution < -0.4 is 5.32 Å². The minimum atomic E-state index is -0.0499. The Kier molecular flexibility index (Phi) is 5.51. The van der Waals surface area contributed by atoms with E-state index in [0.717, 1.165) is 23.3 Å². The number of rotatable bonds is 5.